The Hall–Kier alpha value is -1.73. The molecule has 2 aromatic rings. The van der Waals surface area contributed by atoms with E-state index in [1.807, 2.05) is 13.2 Å². The van der Waals surface area contributed by atoms with E-state index in [0.717, 1.165) is 10.6 Å². The van der Waals surface area contributed by atoms with Crippen LogP contribution in [0.1, 0.15) is 37.7 Å². The number of carbonyl (C=O) groups is 1. The van der Waals surface area contributed by atoms with Gasteiger partial charge in [0.15, 0.2) is 0 Å². The number of aliphatic hydroxyl groups excluding tert-OH is 1. The zero-order valence-corrected chi connectivity index (χ0v) is 14.9. The third-order valence-corrected chi connectivity index (χ3v) is 4.11. The first kappa shape index (κ1) is 17.6. The van der Waals surface area contributed by atoms with E-state index in [2.05, 4.69) is 30.9 Å². The third-order valence-electron chi connectivity index (χ3n) is 3.21. The van der Waals surface area contributed by atoms with Crippen molar-refractivity contribution in [2.24, 2.45) is 12.5 Å². The van der Waals surface area contributed by atoms with E-state index in [0.29, 0.717) is 25.2 Å². The van der Waals surface area contributed by atoms with Crippen LogP contribution in [0.15, 0.2) is 17.8 Å². The highest BCUT2D eigenvalue weighted by Crippen LogP contribution is 2.24. The van der Waals surface area contributed by atoms with E-state index >= 15 is 0 Å². The van der Waals surface area contributed by atoms with Gasteiger partial charge in [0.1, 0.15) is 10.7 Å². The minimum absolute atomic E-state index is 0.00663. The van der Waals surface area contributed by atoms with Crippen molar-refractivity contribution in [3.8, 4) is 10.6 Å². The maximum Gasteiger partial charge on any atom is 0.273 e. The molecule has 0 fully saturated rings. The molecule has 1 amide bonds. The van der Waals surface area contributed by atoms with Crippen molar-refractivity contribution in [1.82, 2.24) is 19.7 Å². The zero-order chi connectivity index (χ0) is 17.0. The average molecular weight is 336 g/mol. The number of hydrogen-bond donors (Lipinski definition) is 1. The van der Waals surface area contributed by atoms with E-state index in [4.69, 9.17) is 5.11 Å². The smallest absolute Gasteiger partial charge is 0.273 e. The highest BCUT2D eigenvalue weighted by molar-refractivity contribution is 7.13. The van der Waals surface area contributed by atoms with Gasteiger partial charge in [-0.25, -0.2) is 4.98 Å². The van der Waals surface area contributed by atoms with Gasteiger partial charge in [-0.1, -0.05) is 20.8 Å². The van der Waals surface area contributed by atoms with Gasteiger partial charge in [-0.15, -0.1) is 11.3 Å². The molecule has 0 aliphatic carbocycles. The standard InChI is InChI=1S/C16H24N4O2S/c1-16(2,3)11-20(6-5-7-21)15(22)13-10-23-14(18-13)12-8-17-19(4)9-12/h8-10,21H,5-7,11H2,1-4H3. The second-order valence-corrected chi connectivity index (χ2v) is 7.66. The first-order valence-electron chi connectivity index (χ1n) is 7.65. The van der Waals surface area contributed by atoms with Crippen molar-refractivity contribution in [1.29, 1.82) is 0 Å². The molecule has 6 nitrogen and oxygen atoms in total. The van der Waals surface area contributed by atoms with Crippen LogP contribution in [0, 0.1) is 5.41 Å². The Kier molecular flexibility index (Phi) is 5.54. The molecule has 0 saturated carbocycles. The largest absolute Gasteiger partial charge is 0.396 e. The molecule has 0 aliphatic heterocycles. The molecular weight excluding hydrogens is 312 g/mol. The van der Waals surface area contributed by atoms with Crippen LogP contribution in [-0.4, -0.2) is 50.4 Å². The fraction of sp³-hybridized carbons (Fsp3) is 0.562. The van der Waals surface area contributed by atoms with E-state index in [-0.39, 0.29) is 17.9 Å². The Morgan fingerprint density at radius 1 is 1.43 bits per heavy atom. The SMILES string of the molecule is Cn1cc(-c2nc(C(=O)N(CCCO)CC(C)(C)C)cs2)cn1. The van der Waals surface area contributed by atoms with Gasteiger partial charge in [0.25, 0.3) is 5.91 Å². The number of aliphatic hydroxyl groups is 1. The molecule has 0 spiro atoms. The van der Waals surface area contributed by atoms with Gasteiger partial charge in [0, 0.05) is 43.9 Å². The Morgan fingerprint density at radius 3 is 2.74 bits per heavy atom. The molecule has 7 heteroatoms. The minimum Gasteiger partial charge on any atom is -0.396 e. The molecule has 126 valence electrons. The van der Waals surface area contributed by atoms with Crippen LogP contribution in [0.5, 0.6) is 0 Å². The molecule has 1 N–H and O–H groups in total. The van der Waals surface area contributed by atoms with Crippen LogP contribution in [0.3, 0.4) is 0 Å². The lowest BCUT2D eigenvalue weighted by atomic mass is 9.96. The average Bonchev–Trinajstić information content (AvgIpc) is 3.10. The van der Waals surface area contributed by atoms with E-state index in [1.54, 1.807) is 21.2 Å². The van der Waals surface area contributed by atoms with Gasteiger partial charge >= 0.3 is 0 Å². The number of nitrogens with zero attached hydrogens (tertiary/aromatic N) is 4. The topological polar surface area (TPSA) is 71.2 Å². The minimum atomic E-state index is -0.0836. The quantitative estimate of drug-likeness (QED) is 0.879. The predicted octanol–water partition coefficient (Wildman–Crippen LogP) is 2.41. The molecule has 0 aliphatic rings. The molecule has 0 aromatic carbocycles. The summed E-state index contributed by atoms with van der Waals surface area (Å²) in [5.74, 6) is -0.0836. The number of carbonyl (C=O) groups excluding carboxylic acids is 1. The number of rotatable bonds is 6. The molecular formula is C16H24N4O2S. The van der Waals surface area contributed by atoms with Crippen LogP contribution in [0.4, 0.5) is 0 Å². The summed E-state index contributed by atoms with van der Waals surface area (Å²) >= 11 is 1.44. The molecule has 0 radical (unpaired) electrons. The first-order chi connectivity index (χ1) is 10.8. The van der Waals surface area contributed by atoms with Crippen LogP contribution < -0.4 is 0 Å². The maximum atomic E-state index is 12.7. The summed E-state index contributed by atoms with van der Waals surface area (Å²) < 4.78 is 1.71. The van der Waals surface area contributed by atoms with Gasteiger partial charge in [-0.3, -0.25) is 9.48 Å². The molecule has 23 heavy (non-hydrogen) atoms. The predicted molar refractivity (Wildman–Crippen MR) is 91.4 cm³/mol. The molecule has 2 rings (SSSR count). The van der Waals surface area contributed by atoms with Crippen LogP contribution in [-0.2, 0) is 7.05 Å². The Balaban J connectivity index is 2.17. The van der Waals surface area contributed by atoms with Gasteiger partial charge < -0.3 is 10.0 Å². The van der Waals surface area contributed by atoms with Crippen molar-refractivity contribution < 1.29 is 9.90 Å². The fourth-order valence-corrected chi connectivity index (χ4v) is 3.05. The van der Waals surface area contributed by atoms with Gasteiger partial charge in [0.05, 0.1) is 6.20 Å². The number of hydrogen-bond acceptors (Lipinski definition) is 5. The molecule has 0 unspecified atom stereocenters. The fourth-order valence-electron chi connectivity index (χ4n) is 2.28. The van der Waals surface area contributed by atoms with Crippen LogP contribution >= 0.6 is 11.3 Å². The van der Waals surface area contributed by atoms with Crippen molar-refractivity contribution >= 4 is 17.2 Å². The molecule has 0 atom stereocenters. The van der Waals surface area contributed by atoms with Gasteiger partial charge in [0.2, 0.25) is 0 Å². The second kappa shape index (κ2) is 7.23. The Bertz CT molecular complexity index is 657. The summed E-state index contributed by atoms with van der Waals surface area (Å²) in [6, 6.07) is 0. The Morgan fingerprint density at radius 2 is 2.17 bits per heavy atom. The maximum absolute atomic E-state index is 12.7. The number of aromatic nitrogens is 3. The van der Waals surface area contributed by atoms with Crippen molar-refractivity contribution in [3.63, 3.8) is 0 Å². The summed E-state index contributed by atoms with van der Waals surface area (Å²) in [6.45, 7) is 7.51. The molecule has 0 bridgehead atoms. The van der Waals surface area contributed by atoms with E-state index < -0.39 is 0 Å². The van der Waals surface area contributed by atoms with Gasteiger partial charge in [-0.05, 0) is 11.8 Å². The number of aryl methyl sites for hydroxylation is 1. The lowest BCUT2D eigenvalue weighted by molar-refractivity contribution is 0.0677. The van der Waals surface area contributed by atoms with Crippen molar-refractivity contribution in [2.75, 3.05) is 19.7 Å². The van der Waals surface area contributed by atoms with Crippen LogP contribution in [0.2, 0.25) is 0 Å². The normalized spacial score (nSPS) is 11.7. The summed E-state index contributed by atoms with van der Waals surface area (Å²) in [5, 5.41) is 15.8. The highest BCUT2D eigenvalue weighted by Gasteiger charge is 2.24. The lowest BCUT2D eigenvalue weighted by Crippen LogP contribution is -2.38. The zero-order valence-electron chi connectivity index (χ0n) is 14.1. The summed E-state index contributed by atoms with van der Waals surface area (Å²) in [4.78, 5) is 19.0. The molecule has 2 aromatic heterocycles. The monoisotopic (exact) mass is 336 g/mol. The summed E-state index contributed by atoms with van der Waals surface area (Å²) in [5.41, 5.74) is 1.36. The van der Waals surface area contributed by atoms with E-state index in [1.165, 1.54) is 11.3 Å². The van der Waals surface area contributed by atoms with E-state index in [9.17, 15) is 4.79 Å². The number of thiazole rings is 1. The second-order valence-electron chi connectivity index (χ2n) is 6.81. The summed E-state index contributed by atoms with van der Waals surface area (Å²) in [6.07, 6.45) is 4.19. The van der Waals surface area contributed by atoms with Crippen molar-refractivity contribution in [3.05, 3.63) is 23.5 Å². The molecule has 0 saturated heterocycles. The van der Waals surface area contributed by atoms with Crippen molar-refractivity contribution in [2.45, 2.75) is 27.2 Å². The third kappa shape index (κ3) is 4.87. The highest BCUT2D eigenvalue weighted by atomic mass is 32.1. The first-order valence-corrected chi connectivity index (χ1v) is 8.53. The Labute approximate surface area is 140 Å². The number of amides is 1. The van der Waals surface area contributed by atoms with Crippen LogP contribution in [0.25, 0.3) is 10.6 Å². The summed E-state index contributed by atoms with van der Waals surface area (Å²) in [7, 11) is 1.85. The molecule has 2 heterocycles. The lowest BCUT2D eigenvalue weighted by Gasteiger charge is -2.29. The van der Waals surface area contributed by atoms with Gasteiger partial charge in [-0.2, -0.15) is 5.10 Å².